The minimum absolute atomic E-state index is 0.0770. The van der Waals surface area contributed by atoms with Gasteiger partial charge in [-0.2, -0.15) is 0 Å². The maximum absolute atomic E-state index is 12.4. The van der Waals surface area contributed by atoms with Crippen molar-refractivity contribution in [2.24, 2.45) is 0 Å². The zero-order valence-electron chi connectivity index (χ0n) is 15.2. The fraction of sp³-hybridized carbons (Fsp3) is 0.350. The Morgan fingerprint density at radius 1 is 1.04 bits per heavy atom. The van der Waals surface area contributed by atoms with E-state index in [0.29, 0.717) is 6.54 Å². The van der Waals surface area contributed by atoms with Gasteiger partial charge in [0.1, 0.15) is 12.1 Å². The smallest absolute Gasteiger partial charge is 0.242 e. The summed E-state index contributed by atoms with van der Waals surface area (Å²) in [5.41, 5.74) is 4.04. The number of morpholine rings is 1. The van der Waals surface area contributed by atoms with Crippen LogP contribution in [0, 0.1) is 0 Å². The molecule has 7 nitrogen and oxygen atoms in total. The van der Waals surface area contributed by atoms with E-state index in [1.165, 1.54) is 5.56 Å². The quantitative estimate of drug-likeness (QED) is 0.718. The molecule has 1 fully saturated rings. The maximum atomic E-state index is 12.4. The molecule has 2 aromatic carbocycles. The Labute approximate surface area is 157 Å². The van der Waals surface area contributed by atoms with Crippen LogP contribution in [0.25, 0.3) is 11.0 Å². The lowest BCUT2D eigenvalue weighted by Crippen LogP contribution is -2.36. The van der Waals surface area contributed by atoms with Crippen LogP contribution in [-0.2, 0) is 29.2 Å². The Kier molecular flexibility index (Phi) is 5.41. The molecular weight excluding hydrogens is 342 g/mol. The lowest BCUT2D eigenvalue weighted by molar-refractivity contribution is -0.121. The molecule has 4 rings (SSSR count). The van der Waals surface area contributed by atoms with Gasteiger partial charge in [0.25, 0.3) is 0 Å². The van der Waals surface area contributed by atoms with Crippen molar-refractivity contribution in [3.05, 3.63) is 59.7 Å². The first kappa shape index (κ1) is 17.6. The summed E-state index contributed by atoms with van der Waals surface area (Å²) in [5.74, 6) is -0.0770. The largest absolute Gasteiger partial charge is 0.379 e. The Morgan fingerprint density at radius 3 is 2.63 bits per heavy atom. The fourth-order valence-corrected chi connectivity index (χ4v) is 3.30. The number of rotatable bonds is 6. The molecule has 0 radical (unpaired) electrons. The van der Waals surface area contributed by atoms with Crippen LogP contribution in [-0.4, -0.2) is 52.1 Å². The van der Waals surface area contributed by atoms with E-state index < -0.39 is 0 Å². The lowest BCUT2D eigenvalue weighted by atomic mass is 10.1. The average Bonchev–Trinajstić information content (AvgIpc) is 3.11. The van der Waals surface area contributed by atoms with Gasteiger partial charge in [0, 0.05) is 26.2 Å². The van der Waals surface area contributed by atoms with E-state index in [1.54, 1.807) is 4.68 Å². The number of aromatic nitrogens is 3. The van der Waals surface area contributed by atoms with E-state index in [-0.39, 0.29) is 12.5 Å². The molecular formula is C20H23N5O2. The molecule has 1 aromatic heterocycles. The first-order chi connectivity index (χ1) is 13.3. The molecule has 0 atom stereocenters. The first-order valence-electron chi connectivity index (χ1n) is 9.21. The zero-order chi connectivity index (χ0) is 18.5. The van der Waals surface area contributed by atoms with Crippen LogP contribution in [0.4, 0.5) is 0 Å². The Morgan fingerprint density at radius 2 is 1.78 bits per heavy atom. The summed E-state index contributed by atoms with van der Waals surface area (Å²) >= 11 is 0. The van der Waals surface area contributed by atoms with Gasteiger partial charge < -0.3 is 10.1 Å². The Bertz CT molecular complexity index is 917. The average molecular weight is 365 g/mol. The molecule has 7 heteroatoms. The number of fused-ring (bicyclic) bond motifs is 1. The zero-order valence-corrected chi connectivity index (χ0v) is 15.2. The summed E-state index contributed by atoms with van der Waals surface area (Å²) in [4.78, 5) is 14.8. The number of nitrogens with one attached hydrogen (secondary N) is 1. The van der Waals surface area contributed by atoms with Crippen LogP contribution >= 0.6 is 0 Å². The molecule has 1 aliphatic rings. The number of nitrogens with zero attached hydrogens (tertiary/aromatic N) is 4. The number of benzene rings is 2. The van der Waals surface area contributed by atoms with Crippen molar-refractivity contribution >= 4 is 16.9 Å². The van der Waals surface area contributed by atoms with Crippen molar-refractivity contribution in [2.75, 3.05) is 26.3 Å². The van der Waals surface area contributed by atoms with Crippen LogP contribution in [0.15, 0.2) is 48.5 Å². The van der Waals surface area contributed by atoms with Crippen molar-refractivity contribution in [1.82, 2.24) is 25.2 Å². The molecule has 140 valence electrons. The third kappa shape index (κ3) is 4.32. The first-order valence-corrected chi connectivity index (χ1v) is 9.21. The molecule has 2 heterocycles. The number of carbonyl (C=O) groups excluding carboxylic acids is 1. The van der Waals surface area contributed by atoms with Crippen molar-refractivity contribution in [1.29, 1.82) is 0 Å². The second kappa shape index (κ2) is 8.28. The van der Waals surface area contributed by atoms with Gasteiger partial charge in [-0.05, 0) is 23.3 Å². The predicted molar refractivity (Wildman–Crippen MR) is 102 cm³/mol. The number of hydrogen-bond acceptors (Lipinski definition) is 5. The van der Waals surface area contributed by atoms with E-state index in [2.05, 4.69) is 32.7 Å². The second-order valence-corrected chi connectivity index (χ2v) is 6.67. The maximum Gasteiger partial charge on any atom is 0.242 e. The highest BCUT2D eigenvalue weighted by Gasteiger charge is 2.13. The molecule has 0 aliphatic carbocycles. The van der Waals surface area contributed by atoms with Crippen molar-refractivity contribution in [3.8, 4) is 0 Å². The molecule has 0 unspecified atom stereocenters. The van der Waals surface area contributed by atoms with Gasteiger partial charge in [-0.3, -0.25) is 9.69 Å². The standard InChI is InChI=1S/C20H23N5O2/c26-20(15-25-19-8-4-3-7-18(19)22-23-25)21-13-16-5-1-2-6-17(16)14-24-9-11-27-12-10-24/h1-8H,9-15H2,(H,21,26). The van der Waals surface area contributed by atoms with E-state index in [9.17, 15) is 4.79 Å². The number of carbonyl (C=O) groups is 1. The minimum atomic E-state index is -0.0770. The molecule has 0 saturated carbocycles. The summed E-state index contributed by atoms with van der Waals surface area (Å²) in [5, 5.41) is 11.2. The molecule has 0 spiro atoms. The molecule has 27 heavy (non-hydrogen) atoms. The third-order valence-corrected chi connectivity index (χ3v) is 4.81. The molecule has 0 bridgehead atoms. The third-order valence-electron chi connectivity index (χ3n) is 4.81. The second-order valence-electron chi connectivity index (χ2n) is 6.67. The van der Waals surface area contributed by atoms with E-state index in [4.69, 9.17) is 4.74 Å². The fourth-order valence-electron chi connectivity index (χ4n) is 3.30. The van der Waals surface area contributed by atoms with E-state index in [0.717, 1.165) is 49.4 Å². The van der Waals surface area contributed by atoms with Gasteiger partial charge in [-0.15, -0.1) is 5.10 Å². The van der Waals surface area contributed by atoms with Crippen LogP contribution in [0.3, 0.4) is 0 Å². The van der Waals surface area contributed by atoms with E-state index >= 15 is 0 Å². The monoisotopic (exact) mass is 365 g/mol. The molecule has 1 saturated heterocycles. The van der Waals surface area contributed by atoms with Gasteiger partial charge in [-0.1, -0.05) is 41.6 Å². The summed E-state index contributed by atoms with van der Waals surface area (Å²) < 4.78 is 7.04. The SMILES string of the molecule is O=C(Cn1nnc2ccccc21)NCc1ccccc1CN1CCOCC1. The minimum Gasteiger partial charge on any atom is -0.379 e. The van der Waals surface area contributed by atoms with Crippen LogP contribution in [0.1, 0.15) is 11.1 Å². The summed E-state index contributed by atoms with van der Waals surface area (Å²) in [6.45, 7) is 5.00. The summed E-state index contributed by atoms with van der Waals surface area (Å²) in [6, 6.07) is 15.9. The lowest BCUT2D eigenvalue weighted by Gasteiger charge is -2.27. The van der Waals surface area contributed by atoms with E-state index in [1.807, 2.05) is 36.4 Å². The van der Waals surface area contributed by atoms with Crippen LogP contribution in [0.2, 0.25) is 0 Å². The highest BCUT2D eigenvalue weighted by Crippen LogP contribution is 2.13. The molecule has 1 aliphatic heterocycles. The van der Waals surface area contributed by atoms with Crippen molar-refractivity contribution in [3.63, 3.8) is 0 Å². The number of amides is 1. The van der Waals surface area contributed by atoms with Crippen molar-refractivity contribution < 1.29 is 9.53 Å². The van der Waals surface area contributed by atoms with Crippen LogP contribution in [0.5, 0.6) is 0 Å². The Balaban J connectivity index is 1.37. The normalized spacial score (nSPS) is 15.1. The Hall–Kier alpha value is -2.77. The van der Waals surface area contributed by atoms with Gasteiger partial charge in [0.15, 0.2) is 0 Å². The molecule has 3 aromatic rings. The van der Waals surface area contributed by atoms with Gasteiger partial charge in [0.2, 0.25) is 5.91 Å². The predicted octanol–water partition coefficient (Wildman–Crippen LogP) is 1.58. The number of ether oxygens (including phenoxy) is 1. The van der Waals surface area contributed by atoms with Gasteiger partial charge in [-0.25, -0.2) is 4.68 Å². The van der Waals surface area contributed by atoms with Crippen LogP contribution < -0.4 is 5.32 Å². The molecule has 1 amide bonds. The summed E-state index contributed by atoms with van der Waals surface area (Å²) in [6.07, 6.45) is 0. The number of hydrogen-bond donors (Lipinski definition) is 1. The number of para-hydroxylation sites is 1. The van der Waals surface area contributed by atoms with Gasteiger partial charge in [0.05, 0.1) is 18.7 Å². The highest BCUT2D eigenvalue weighted by atomic mass is 16.5. The summed E-state index contributed by atoms with van der Waals surface area (Å²) in [7, 11) is 0. The van der Waals surface area contributed by atoms with Crippen molar-refractivity contribution in [2.45, 2.75) is 19.6 Å². The highest BCUT2D eigenvalue weighted by molar-refractivity contribution is 5.79. The molecule has 1 N–H and O–H groups in total. The topological polar surface area (TPSA) is 72.3 Å². The van der Waals surface area contributed by atoms with Gasteiger partial charge >= 0.3 is 0 Å².